The molecule has 0 unspecified atom stereocenters. The van der Waals surface area contributed by atoms with Gasteiger partial charge in [0.05, 0.1) is 6.21 Å². The predicted molar refractivity (Wildman–Crippen MR) is 136 cm³/mol. The van der Waals surface area contributed by atoms with Gasteiger partial charge in [0.25, 0.3) is 5.91 Å². The van der Waals surface area contributed by atoms with Gasteiger partial charge in [-0.25, -0.2) is 5.43 Å². The maximum Gasteiger partial charge on any atom is 0.277 e. The molecule has 0 saturated carbocycles. The van der Waals surface area contributed by atoms with E-state index in [4.69, 9.17) is 4.74 Å². The number of hydrazone groups is 1. The Morgan fingerprint density at radius 3 is 2.76 bits per heavy atom. The van der Waals surface area contributed by atoms with Gasteiger partial charge in [0.2, 0.25) is 0 Å². The highest BCUT2D eigenvalue weighted by molar-refractivity contribution is 5.89. The summed E-state index contributed by atoms with van der Waals surface area (Å²) >= 11 is 0. The third-order valence-corrected chi connectivity index (χ3v) is 6.59. The van der Waals surface area contributed by atoms with Gasteiger partial charge in [-0.15, -0.1) is 0 Å². The molecule has 5 nitrogen and oxygen atoms in total. The van der Waals surface area contributed by atoms with Crippen LogP contribution >= 0.6 is 0 Å². The lowest BCUT2D eigenvalue weighted by Crippen LogP contribution is -2.48. The second kappa shape index (κ2) is 9.26. The molecule has 1 N–H and O–H groups in total. The molecule has 33 heavy (non-hydrogen) atoms. The molecule has 0 radical (unpaired) electrons. The third-order valence-electron chi connectivity index (χ3n) is 6.59. The van der Waals surface area contributed by atoms with E-state index in [1.54, 1.807) is 6.21 Å². The molecule has 3 aromatic rings. The molecule has 5 heteroatoms. The van der Waals surface area contributed by atoms with E-state index in [-0.39, 0.29) is 18.1 Å². The summed E-state index contributed by atoms with van der Waals surface area (Å²) in [5.74, 6) is 0.867. The first-order chi connectivity index (χ1) is 15.8. The topological polar surface area (TPSA) is 53.9 Å². The van der Waals surface area contributed by atoms with Crippen molar-refractivity contribution in [2.75, 3.05) is 18.1 Å². The maximum atomic E-state index is 12.3. The molecule has 0 aromatic heterocycles. The minimum absolute atomic E-state index is 0.0912. The zero-order valence-corrected chi connectivity index (χ0v) is 20.2. The minimum Gasteiger partial charge on any atom is -0.483 e. The highest BCUT2D eigenvalue weighted by Crippen LogP contribution is 2.44. The zero-order chi connectivity index (χ0) is 23.6. The molecule has 1 aliphatic rings. The van der Waals surface area contributed by atoms with E-state index in [0.717, 1.165) is 34.9 Å². The highest BCUT2D eigenvalue weighted by Gasteiger charge is 2.35. The fourth-order valence-corrected chi connectivity index (χ4v) is 5.06. The van der Waals surface area contributed by atoms with Gasteiger partial charge < -0.3 is 9.64 Å². The zero-order valence-electron chi connectivity index (χ0n) is 20.2. The number of ether oxygens (including phenoxy) is 1. The summed E-state index contributed by atoms with van der Waals surface area (Å²) in [4.78, 5) is 14.8. The molecular weight excluding hydrogens is 410 g/mol. The summed E-state index contributed by atoms with van der Waals surface area (Å²) in [6.45, 7) is 12.1. The number of rotatable bonds is 6. The van der Waals surface area contributed by atoms with Gasteiger partial charge in [0, 0.05) is 23.2 Å². The Kier molecular flexibility index (Phi) is 6.41. The van der Waals surface area contributed by atoms with Crippen LogP contribution in [-0.4, -0.2) is 30.8 Å². The summed E-state index contributed by atoms with van der Waals surface area (Å²) in [7, 11) is 0. The largest absolute Gasteiger partial charge is 0.483 e. The van der Waals surface area contributed by atoms with Crippen LogP contribution < -0.4 is 15.1 Å². The second-order valence-corrected chi connectivity index (χ2v) is 9.49. The third kappa shape index (κ3) is 4.72. The monoisotopic (exact) mass is 443 g/mol. The number of amides is 1. The van der Waals surface area contributed by atoms with Crippen molar-refractivity contribution in [1.82, 2.24) is 5.43 Å². The van der Waals surface area contributed by atoms with Crippen molar-refractivity contribution < 1.29 is 9.53 Å². The van der Waals surface area contributed by atoms with Gasteiger partial charge in [0.15, 0.2) is 6.61 Å². The van der Waals surface area contributed by atoms with Crippen molar-refractivity contribution in [1.29, 1.82) is 0 Å². The number of benzene rings is 3. The van der Waals surface area contributed by atoms with Crippen molar-refractivity contribution in [3.8, 4) is 5.75 Å². The van der Waals surface area contributed by atoms with Gasteiger partial charge in [-0.3, -0.25) is 4.79 Å². The lowest BCUT2D eigenvalue weighted by atomic mass is 9.79. The molecule has 1 amide bonds. The Balaban J connectivity index is 1.43. The first kappa shape index (κ1) is 22.8. The molecule has 1 aliphatic heterocycles. The van der Waals surface area contributed by atoms with E-state index in [2.05, 4.69) is 62.2 Å². The van der Waals surface area contributed by atoms with E-state index in [9.17, 15) is 4.79 Å². The summed E-state index contributed by atoms with van der Waals surface area (Å²) in [5, 5.41) is 6.27. The molecule has 0 saturated heterocycles. The van der Waals surface area contributed by atoms with Crippen molar-refractivity contribution in [2.45, 2.75) is 52.5 Å². The number of hydrogen-bond donors (Lipinski definition) is 1. The highest BCUT2D eigenvalue weighted by atomic mass is 16.5. The van der Waals surface area contributed by atoms with Gasteiger partial charge in [0.1, 0.15) is 5.75 Å². The van der Waals surface area contributed by atoms with Crippen molar-refractivity contribution in [3.05, 3.63) is 71.3 Å². The standard InChI is InChI=1S/C28H33N3O2/c1-6-31-25-14-19(2)22(15-24(25)20(3)16-28(31,4)5)17-29-30-27(32)18-33-26-13-9-11-21-10-7-8-12-23(21)26/h7-15,17,20H,6,16,18H2,1-5H3,(H,30,32)/b29-17+/t20-/m0/s1. The van der Waals surface area contributed by atoms with Crippen LogP contribution in [0.5, 0.6) is 5.75 Å². The van der Waals surface area contributed by atoms with E-state index >= 15 is 0 Å². The van der Waals surface area contributed by atoms with Crippen molar-refractivity contribution >= 4 is 28.6 Å². The van der Waals surface area contributed by atoms with Crippen LogP contribution in [0.1, 0.15) is 56.7 Å². The van der Waals surface area contributed by atoms with Crippen LogP contribution in [0.15, 0.2) is 59.7 Å². The van der Waals surface area contributed by atoms with Crippen LogP contribution in [0.2, 0.25) is 0 Å². The average Bonchev–Trinajstić information content (AvgIpc) is 2.78. The quantitative estimate of drug-likeness (QED) is 0.388. The Bertz CT molecular complexity index is 1190. The van der Waals surface area contributed by atoms with Crippen LogP contribution in [0.25, 0.3) is 10.8 Å². The molecule has 3 aromatic carbocycles. The second-order valence-electron chi connectivity index (χ2n) is 9.49. The average molecular weight is 444 g/mol. The van der Waals surface area contributed by atoms with E-state index in [1.807, 2.05) is 42.5 Å². The first-order valence-electron chi connectivity index (χ1n) is 11.6. The van der Waals surface area contributed by atoms with Gasteiger partial charge in [-0.2, -0.15) is 5.10 Å². The van der Waals surface area contributed by atoms with E-state index in [0.29, 0.717) is 11.7 Å². The molecular formula is C28H33N3O2. The summed E-state index contributed by atoms with van der Waals surface area (Å²) < 4.78 is 5.75. The molecule has 172 valence electrons. The lowest BCUT2D eigenvalue weighted by Gasteiger charge is -2.47. The smallest absolute Gasteiger partial charge is 0.277 e. The molecule has 0 spiro atoms. The lowest BCUT2D eigenvalue weighted by molar-refractivity contribution is -0.123. The Labute approximate surface area is 196 Å². The Hall–Kier alpha value is -3.34. The molecule has 4 rings (SSSR count). The molecule has 0 fully saturated rings. The first-order valence-corrected chi connectivity index (χ1v) is 11.6. The van der Waals surface area contributed by atoms with Gasteiger partial charge in [-0.1, -0.05) is 43.3 Å². The number of anilines is 1. The molecule has 1 heterocycles. The van der Waals surface area contributed by atoms with Crippen LogP contribution in [0, 0.1) is 6.92 Å². The number of fused-ring (bicyclic) bond motifs is 2. The van der Waals surface area contributed by atoms with Crippen molar-refractivity contribution in [2.24, 2.45) is 5.10 Å². The van der Waals surface area contributed by atoms with Gasteiger partial charge >= 0.3 is 0 Å². The molecule has 0 bridgehead atoms. The fraction of sp³-hybridized carbons (Fsp3) is 0.357. The molecule has 1 atom stereocenters. The SMILES string of the molecule is CCN1c2cc(C)c(/C=N/NC(=O)COc3cccc4ccccc34)cc2[C@@H](C)CC1(C)C. The maximum absolute atomic E-state index is 12.3. The van der Waals surface area contributed by atoms with E-state index in [1.165, 1.54) is 11.3 Å². The normalized spacial score (nSPS) is 17.2. The number of carbonyl (C=O) groups excluding carboxylic acids is 1. The predicted octanol–water partition coefficient (Wildman–Crippen LogP) is 5.79. The van der Waals surface area contributed by atoms with Crippen LogP contribution in [0.4, 0.5) is 5.69 Å². The van der Waals surface area contributed by atoms with Crippen molar-refractivity contribution in [3.63, 3.8) is 0 Å². The minimum atomic E-state index is -0.290. The number of nitrogens with zero attached hydrogens (tertiary/aromatic N) is 2. The number of aryl methyl sites for hydroxylation is 1. The summed E-state index contributed by atoms with van der Waals surface area (Å²) in [5.41, 5.74) is 7.55. The van der Waals surface area contributed by atoms with Gasteiger partial charge in [-0.05, 0) is 80.3 Å². The fourth-order valence-electron chi connectivity index (χ4n) is 5.06. The summed E-state index contributed by atoms with van der Waals surface area (Å²) in [6, 6.07) is 18.2. The van der Waals surface area contributed by atoms with Crippen LogP contribution in [0.3, 0.4) is 0 Å². The number of carbonyl (C=O) groups is 1. The Morgan fingerprint density at radius 1 is 1.21 bits per heavy atom. The Morgan fingerprint density at radius 2 is 1.97 bits per heavy atom. The van der Waals surface area contributed by atoms with Crippen LogP contribution in [-0.2, 0) is 4.79 Å². The molecule has 0 aliphatic carbocycles. The number of hydrogen-bond acceptors (Lipinski definition) is 4. The van der Waals surface area contributed by atoms with E-state index < -0.39 is 0 Å². The summed E-state index contributed by atoms with van der Waals surface area (Å²) in [6.07, 6.45) is 2.84. The number of nitrogens with one attached hydrogen (secondary N) is 1.